The molecular formula is C18H17NO2S. The summed E-state index contributed by atoms with van der Waals surface area (Å²) in [5, 5.41) is 0. The molecule has 22 heavy (non-hydrogen) atoms. The first-order chi connectivity index (χ1) is 10.6. The van der Waals surface area contributed by atoms with Crippen LogP contribution in [0.4, 0.5) is 0 Å². The highest BCUT2D eigenvalue weighted by molar-refractivity contribution is 7.97. The number of methoxy groups -OCH3 is 1. The quantitative estimate of drug-likeness (QED) is 0.763. The summed E-state index contributed by atoms with van der Waals surface area (Å²) in [7, 11) is 1.61. The van der Waals surface area contributed by atoms with Gasteiger partial charge in [0.25, 0.3) is 5.91 Å². The molecule has 2 aromatic carbocycles. The molecule has 0 N–H and O–H groups in total. The highest BCUT2D eigenvalue weighted by Gasteiger charge is 2.24. The molecule has 0 saturated carbocycles. The maximum Gasteiger partial charge on any atom is 0.268 e. The van der Waals surface area contributed by atoms with E-state index in [2.05, 4.69) is 19.1 Å². The summed E-state index contributed by atoms with van der Waals surface area (Å²) in [5.74, 6) is 0.727. The first kappa shape index (κ1) is 14.7. The number of hydrogen-bond acceptors (Lipinski definition) is 3. The van der Waals surface area contributed by atoms with Gasteiger partial charge in [0, 0.05) is 16.2 Å². The van der Waals surface area contributed by atoms with E-state index in [-0.39, 0.29) is 5.91 Å². The van der Waals surface area contributed by atoms with Gasteiger partial charge in [0.05, 0.1) is 7.11 Å². The molecule has 0 spiro atoms. The number of rotatable bonds is 2. The summed E-state index contributed by atoms with van der Waals surface area (Å²) in [6.45, 7) is 4.05. The Morgan fingerprint density at radius 2 is 1.82 bits per heavy atom. The van der Waals surface area contributed by atoms with Crippen LogP contribution in [0, 0.1) is 6.92 Å². The fourth-order valence-corrected chi connectivity index (χ4v) is 3.45. The van der Waals surface area contributed by atoms with Crippen molar-refractivity contribution in [1.29, 1.82) is 0 Å². The van der Waals surface area contributed by atoms with Crippen LogP contribution in [0.2, 0.25) is 0 Å². The Morgan fingerprint density at radius 1 is 1.09 bits per heavy atom. The second-order valence-electron chi connectivity index (χ2n) is 5.19. The zero-order chi connectivity index (χ0) is 15.7. The smallest absolute Gasteiger partial charge is 0.268 e. The number of nitrogens with zero attached hydrogens (tertiary/aromatic N) is 1. The lowest BCUT2D eigenvalue weighted by molar-refractivity contribution is 0.0898. The summed E-state index contributed by atoms with van der Waals surface area (Å²) in [4.78, 5) is 13.8. The molecule has 1 heterocycles. The highest BCUT2D eigenvalue weighted by atomic mass is 32.2. The molecule has 112 valence electrons. The molecule has 0 bridgehead atoms. The van der Waals surface area contributed by atoms with E-state index in [4.69, 9.17) is 4.74 Å². The van der Waals surface area contributed by atoms with E-state index in [0.717, 1.165) is 16.3 Å². The summed E-state index contributed by atoms with van der Waals surface area (Å²) in [6.07, 6.45) is 2.07. The zero-order valence-electron chi connectivity index (χ0n) is 12.8. The van der Waals surface area contributed by atoms with Crippen LogP contribution in [0.15, 0.2) is 53.1 Å². The molecule has 0 aliphatic carbocycles. The predicted molar refractivity (Wildman–Crippen MR) is 89.9 cm³/mol. The van der Waals surface area contributed by atoms with Crippen molar-refractivity contribution in [1.82, 2.24) is 4.31 Å². The standard InChI is InChI=1S/C18H17NO2S/c1-12-5-4-6-17-16(12)11-13(2)19(22-17)18(20)14-7-9-15(21-3)10-8-14/h4-11H,1-3H3. The Kier molecular flexibility index (Phi) is 3.94. The van der Waals surface area contributed by atoms with Gasteiger partial charge < -0.3 is 4.74 Å². The van der Waals surface area contributed by atoms with Crippen molar-refractivity contribution in [2.45, 2.75) is 18.7 Å². The van der Waals surface area contributed by atoms with Crippen LogP contribution in [0.5, 0.6) is 5.75 Å². The highest BCUT2D eigenvalue weighted by Crippen LogP contribution is 2.38. The third-order valence-electron chi connectivity index (χ3n) is 3.67. The maximum absolute atomic E-state index is 12.7. The van der Waals surface area contributed by atoms with Gasteiger partial charge in [0.2, 0.25) is 0 Å². The number of hydrogen-bond donors (Lipinski definition) is 0. The predicted octanol–water partition coefficient (Wildman–Crippen LogP) is 4.53. The van der Waals surface area contributed by atoms with E-state index in [9.17, 15) is 4.79 Å². The SMILES string of the molecule is COc1ccc(C(=O)N2Sc3cccc(C)c3C=C2C)cc1. The summed E-state index contributed by atoms with van der Waals surface area (Å²) in [6, 6.07) is 13.3. The Hall–Kier alpha value is -2.20. The van der Waals surface area contributed by atoms with Crippen LogP contribution >= 0.6 is 11.9 Å². The molecule has 0 atom stereocenters. The van der Waals surface area contributed by atoms with Crippen molar-refractivity contribution in [3.8, 4) is 5.75 Å². The van der Waals surface area contributed by atoms with Crippen molar-refractivity contribution in [2.24, 2.45) is 0 Å². The van der Waals surface area contributed by atoms with Crippen molar-refractivity contribution in [3.63, 3.8) is 0 Å². The largest absolute Gasteiger partial charge is 0.497 e. The fraction of sp³-hybridized carbons (Fsp3) is 0.167. The van der Waals surface area contributed by atoms with Gasteiger partial charge in [-0.25, -0.2) is 4.31 Å². The van der Waals surface area contributed by atoms with Gasteiger partial charge >= 0.3 is 0 Å². The summed E-state index contributed by atoms with van der Waals surface area (Å²) in [5.41, 5.74) is 4.01. The number of ether oxygens (including phenoxy) is 1. The van der Waals surface area contributed by atoms with Gasteiger partial charge in [-0.15, -0.1) is 0 Å². The first-order valence-electron chi connectivity index (χ1n) is 7.04. The third kappa shape index (κ3) is 2.62. The van der Waals surface area contributed by atoms with Gasteiger partial charge in [0.1, 0.15) is 5.75 Å². The van der Waals surface area contributed by atoms with Crippen LogP contribution in [0.1, 0.15) is 28.4 Å². The van der Waals surface area contributed by atoms with Gasteiger partial charge in [-0.2, -0.15) is 0 Å². The van der Waals surface area contributed by atoms with E-state index in [1.807, 2.05) is 19.1 Å². The molecule has 0 unspecified atom stereocenters. The lowest BCUT2D eigenvalue weighted by atomic mass is 10.1. The Bertz CT molecular complexity index is 750. The normalized spacial score (nSPS) is 13.4. The Morgan fingerprint density at radius 3 is 2.50 bits per heavy atom. The number of aryl methyl sites for hydroxylation is 1. The maximum atomic E-state index is 12.7. The van der Waals surface area contributed by atoms with E-state index < -0.39 is 0 Å². The molecule has 0 radical (unpaired) electrons. The molecule has 0 saturated heterocycles. The van der Waals surface area contributed by atoms with E-state index in [0.29, 0.717) is 5.56 Å². The number of carbonyl (C=O) groups excluding carboxylic acids is 1. The molecular weight excluding hydrogens is 294 g/mol. The Balaban J connectivity index is 1.91. The monoisotopic (exact) mass is 311 g/mol. The second-order valence-corrected chi connectivity index (χ2v) is 6.18. The lowest BCUT2D eigenvalue weighted by Gasteiger charge is -2.27. The van der Waals surface area contributed by atoms with Gasteiger partial charge in [-0.05, 0) is 73.3 Å². The molecule has 0 aromatic heterocycles. The summed E-state index contributed by atoms with van der Waals surface area (Å²) >= 11 is 1.48. The van der Waals surface area contributed by atoms with Crippen LogP contribution in [-0.4, -0.2) is 17.3 Å². The topological polar surface area (TPSA) is 29.5 Å². The molecule has 4 heteroatoms. The van der Waals surface area contributed by atoms with Crippen LogP contribution in [0.25, 0.3) is 6.08 Å². The van der Waals surface area contributed by atoms with Crippen LogP contribution < -0.4 is 4.74 Å². The number of amides is 1. The second kappa shape index (κ2) is 5.89. The molecule has 3 rings (SSSR count). The van der Waals surface area contributed by atoms with E-state index in [1.54, 1.807) is 35.7 Å². The number of allylic oxidation sites excluding steroid dienone is 1. The zero-order valence-corrected chi connectivity index (χ0v) is 13.6. The average Bonchev–Trinajstić information content (AvgIpc) is 2.55. The van der Waals surface area contributed by atoms with Crippen molar-refractivity contribution in [3.05, 3.63) is 64.9 Å². The van der Waals surface area contributed by atoms with Crippen LogP contribution in [-0.2, 0) is 0 Å². The Labute approximate surface area is 134 Å². The lowest BCUT2D eigenvalue weighted by Crippen LogP contribution is -2.24. The first-order valence-corrected chi connectivity index (χ1v) is 7.82. The minimum absolute atomic E-state index is 0.0199. The molecule has 1 aliphatic rings. The van der Waals surface area contributed by atoms with Gasteiger partial charge in [-0.3, -0.25) is 4.79 Å². The average molecular weight is 311 g/mol. The van der Waals surface area contributed by atoms with Crippen molar-refractivity contribution < 1.29 is 9.53 Å². The van der Waals surface area contributed by atoms with Gasteiger partial charge in [0.15, 0.2) is 0 Å². The molecule has 3 nitrogen and oxygen atoms in total. The van der Waals surface area contributed by atoms with Gasteiger partial charge in [-0.1, -0.05) is 12.1 Å². The van der Waals surface area contributed by atoms with Crippen molar-refractivity contribution >= 4 is 23.9 Å². The molecule has 0 fully saturated rings. The van der Waals surface area contributed by atoms with E-state index in [1.165, 1.54) is 23.1 Å². The number of carbonyl (C=O) groups is 1. The molecule has 1 amide bonds. The number of fused-ring (bicyclic) bond motifs is 1. The molecule has 1 aliphatic heterocycles. The summed E-state index contributed by atoms with van der Waals surface area (Å²) < 4.78 is 6.87. The minimum Gasteiger partial charge on any atom is -0.497 e. The number of benzene rings is 2. The van der Waals surface area contributed by atoms with Crippen LogP contribution in [0.3, 0.4) is 0 Å². The third-order valence-corrected chi connectivity index (χ3v) is 4.86. The minimum atomic E-state index is -0.0199. The fourth-order valence-electron chi connectivity index (χ4n) is 2.41. The van der Waals surface area contributed by atoms with Crippen molar-refractivity contribution in [2.75, 3.05) is 7.11 Å². The molecule has 2 aromatic rings. The van der Waals surface area contributed by atoms with E-state index >= 15 is 0 Å².